The maximum Gasteiger partial charge on any atom is 0.273 e. The molecule has 3 aromatic heterocycles. The van der Waals surface area contributed by atoms with E-state index in [1.807, 2.05) is 19.2 Å². The lowest BCUT2D eigenvalue weighted by molar-refractivity contribution is -0.121. The van der Waals surface area contributed by atoms with Crippen LogP contribution in [0.3, 0.4) is 0 Å². The van der Waals surface area contributed by atoms with Gasteiger partial charge in [-0.25, -0.2) is 9.50 Å². The number of nitrogens with zero attached hydrogens (tertiary/aromatic N) is 5. The van der Waals surface area contributed by atoms with Crippen molar-refractivity contribution in [3.8, 4) is 0 Å². The Morgan fingerprint density at radius 3 is 2.74 bits per heavy atom. The minimum atomic E-state index is -0.257. The first-order valence-corrected chi connectivity index (χ1v) is 10.2. The topological polar surface area (TPSA) is 116 Å². The summed E-state index contributed by atoms with van der Waals surface area (Å²) in [5, 5.41) is 6.90. The quantitative estimate of drug-likeness (QED) is 0.617. The molecular formula is C21H25N7O3. The number of anilines is 1. The Morgan fingerprint density at radius 1 is 1.26 bits per heavy atom. The first-order valence-electron chi connectivity index (χ1n) is 10.2. The molecule has 1 aliphatic rings. The normalized spacial score (nSPS) is 14.9. The van der Waals surface area contributed by atoms with Crippen molar-refractivity contribution in [2.75, 3.05) is 31.6 Å². The number of carbonyl (C=O) groups is 2. The molecule has 2 amide bonds. The van der Waals surface area contributed by atoms with Gasteiger partial charge in [0.05, 0.1) is 17.9 Å². The molecule has 3 aromatic rings. The van der Waals surface area contributed by atoms with Crippen LogP contribution in [-0.4, -0.2) is 63.0 Å². The number of pyridine rings is 1. The summed E-state index contributed by atoms with van der Waals surface area (Å²) < 4.78 is 1.68. The van der Waals surface area contributed by atoms with E-state index >= 15 is 0 Å². The van der Waals surface area contributed by atoms with Crippen LogP contribution in [0.15, 0.2) is 29.2 Å². The Labute approximate surface area is 178 Å². The number of aromatic amines is 1. The number of hydrogen-bond acceptors (Lipinski definition) is 6. The lowest BCUT2D eigenvalue weighted by atomic mass is 10.2. The van der Waals surface area contributed by atoms with E-state index in [0.717, 1.165) is 11.3 Å². The number of rotatable bonds is 5. The SMILES string of the molecule is CCc1nn2cc(CN3CCN(c4ccc(C(=O)NC)nc4C)C(=O)C3)cc2[nH]c1=O. The van der Waals surface area contributed by atoms with E-state index < -0.39 is 0 Å². The molecule has 0 spiro atoms. The van der Waals surface area contributed by atoms with Crippen LogP contribution >= 0.6 is 0 Å². The fourth-order valence-electron chi connectivity index (χ4n) is 3.83. The number of carbonyl (C=O) groups excluding carboxylic acids is 2. The monoisotopic (exact) mass is 423 g/mol. The van der Waals surface area contributed by atoms with E-state index in [2.05, 4.69) is 25.3 Å². The van der Waals surface area contributed by atoms with E-state index in [1.165, 1.54) is 0 Å². The average Bonchev–Trinajstić information content (AvgIpc) is 3.13. The minimum Gasteiger partial charge on any atom is -0.354 e. The van der Waals surface area contributed by atoms with Crippen molar-refractivity contribution in [3.05, 3.63) is 57.4 Å². The zero-order valence-corrected chi connectivity index (χ0v) is 17.8. The van der Waals surface area contributed by atoms with E-state index in [1.54, 1.807) is 35.5 Å². The third-order valence-electron chi connectivity index (χ3n) is 5.44. The van der Waals surface area contributed by atoms with Crippen LogP contribution in [0.4, 0.5) is 5.69 Å². The Kier molecular flexibility index (Phi) is 5.55. The minimum absolute atomic E-state index is 0.0209. The van der Waals surface area contributed by atoms with Gasteiger partial charge in [-0.05, 0) is 37.1 Å². The molecule has 31 heavy (non-hydrogen) atoms. The molecule has 1 aliphatic heterocycles. The molecule has 4 rings (SSSR count). The van der Waals surface area contributed by atoms with E-state index in [0.29, 0.717) is 48.8 Å². The van der Waals surface area contributed by atoms with Gasteiger partial charge in [0.1, 0.15) is 17.0 Å². The van der Waals surface area contributed by atoms with Gasteiger partial charge < -0.3 is 15.2 Å². The Hall–Kier alpha value is -3.53. The summed E-state index contributed by atoms with van der Waals surface area (Å²) in [6.45, 7) is 5.77. The summed E-state index contributed by atoms with van der Waals surface area (Å²) in [4.78, 5) is 47.5. The number of H-pyrrole nitrogens is 1. The number of amides is 2. The second kappa shape index (κ2) is 8.31. The lowest BCUT2D eigenvalue weighted by Gasteiger charge is -2.34. The number of aromatic nitrogens is 4. The highest BCUT2D eigenvalue weighted by molar-refractivity contribution is 5.97. The van der Waals surface area contributed by atoms with Crippen molar-refractivity contribution in [1.29, 1.82) is 0 Å². The number of hydrogen-bond donors (Lipinski definition) is 2. The van der Waals surface area contributed by atoms with Gasteiger partial charge in [-0.1, -0.05) is 6.92 Å². The van der Waals surface area contributed by atoms with Crippen LogP contribution in [0.5, 0.6) is 0 Å². The van der Waals surface area contributed by atoms with Gasteiger partial charge >= 0.3 is 0 Å². The summed E-state index contributed by atoms with van der Waals surface area (Å²) in [5.41, 5.74) is 3.63. The summed E-state index contributed by atoms with van der Waals surface area (Å²) in [7, 11) is 1.56. The zero-order chi connectivity index (χ0) is 22.1. The smallest absolute Gasteiger partial charge is 0.273 e. The average molecular weight is 423 g/mol. The van der Waals surface area contributed by atoms with Crippen LogP contribution in [0, 0.1) is 6.92 Å². The standard InChI is InChI=1S/C21H25N7O3/c1-4-15-21(31)24-18-9-14(11-28(18)25-15)10-26-7-8-27(19(29)12-26)17-6-5-16(20(30)22-3)23-13(17)2/h5-6,9,11H,4,7-8,10,12H2,1-3H3,(H,22,30)(H,24,31). The first kappa shape index (κ1) is 20.7. The molecule has 10 heteroatoms. The third kappa shape index (κ3) is 4.06. The molecule has 2 N–H and O–H groups in total. The highest BCUT2D eigenvalue weighted by atomic mass is 16.2. The fourth-order valence-corrected chi connectivity index (χ4v) is 3.83. The van der Waals surface area contributed by atoms with Crippen LogP contribution in [0.1, 0.15) is 34.4 Å². The first-order chi connectivity index (χ1) is 14.9. The molecule has 4 heterocycles. The van der Waals surface area contributed by atoms with Gasteiger partial charge in [-0.15, -0.1) is 0 Å². The molecule has 1 saturated heterocycles. The summed E-state index contributed by atoms with van der Waals surface area (Å²) in [5.74, 6) is -0.278. The predicted molar refractivity (Wildman–Crippen MR) is 115 cm³/mol. The second-order valence-corrected chi connectivity index (χ2v) is 7.57. The lowest BCUT2D eigenvalue weighted by Crippen LogP contribution is -2.50. The largest absolute Gasteiger partial charge is 0.354 e. The zero-order valence-electron chi connectivity index (χ0n) is 17.8. The second-order valence-electron chi connectivity index (χ2n) is 7.57. The molecule has 10 nitrogen and oxygen atoms in total. The number of piperazine rings is 1. The molecule has 0 aliphatic carbocycles. The van der Waals surface area contributed by atoms with Gasteiger partial charge in [0.25, 0.3) is 11.5 Å². The molecule has 162 valence electrons. The molecule has 0 radical (unpaired) electrons. The van der Waals surface area contributed by atoms with E-state index in [9.17, 15) is 14.4 Å². The Morgan fingerprint density at radius 2 is 2.06 bits per heavy atom. The summed E-state index contributed by atoms with van der Waals surface area (Å²) >= 11 is 0. The van der Waals surface area contributed by atoms with Gasteiger partial charge in [-0.3, -0.25) is 19.3 Å². The molecule has 0 saturated carbocycles. The highest BCUT2D eigenvalue weighted by Crippen LogP contribution is 2.22. The molecular weight excluding hydrogens is 398 g/mol. The maximum absolute atomic E-state index is 12.8. The van der Waals surface area contributed by atoms with Crippen LogP contribution in [0.2, 0.25) is 0 Å². The molecule has 0 unspecified atom stereocenters. The van der Waals surface area contributed by atoms with Crippen molar-refractivity contribution in [3.63, 3.8) is 0 Å². The van der Waals surface area contributed by atoms with Crippen LogP contribution in [0.25, 0.3) is 5.65 Å². The predicted octanol–water partition coefficient (Wildman–Crippen LogP) is 0.497. The van der Waals surface area contributed by atoms with Gasteiger partial charge in [0.15, 0.2) is 0 Å². The van der Waals surface area contributed by atoms with Crippen molar-refractivity contribution >= 4 is 23.1 Å². The molecule has 0 atom stereocenters. The Balaban J connectivity index is 1.46. The molecule has 0 aromatic carbocycles. The Bertz CT molecular complexity index is 1210. The van der Waals surface area contributed by atoms with Gasteiger partial charge in [0.2, 0.25) is 5.91 Å². The van der Waals surface area contributed by atoms with Crippen molar-refractivity contribution in [2.24, 2.45) is 0 Å². The van der Waals surface area contributed by atoms with Gasteiger partial charge in [-0.2, -0.15) is 5.10 Å². The summed E-state index contributed by atoms with van der Waals surface area (Å²) in [6.07, 6.45) is 2.44. The molecule has 1 fully saturated rings. The summed E-state index contributed by atoms with van der Waals surface area (Å²) in [6, 6.07) is 5.29. The van der Waals surface area contributed by atoms with Crippen molar-refractivity contribution in [1.82, 2.24) is 29.8 Å². The van der Waals surface area contributed by atoms with Gasteiger partial charge in [0, 0.05) is 32.9 Å². The number of nitrogens with one attached hydrogen (secondary N) is 2. The van der Waals surface area contributed by atoms with Crippen molar-refractivity contribution in [2.45, 2.75) is 26.8 Å². The van der Waals surface area contributed by atoms with Crippen LogP contribution in [-0.2, 0) is 17.8 Å². The van der Waals surface area contributed by atoms with E-state index in [-0.39, 0.29) is 23.9 Å². The number of fused-ring (bicyclic) bond motifs is 1. The maximum atomic E-state index is 12.8. The van der Waals surface area contributed by atoms with Crippen LogP contribution < -0.4 is 15.8 Å². The fraction of sp³-hybridized carbons (Fsp3) is 0.381. The third-order valence-corrected chi connectivity index (χ3v) is 5.44. The van der Waals surface area contributed by atoms with E-state index in [4.69, 9.17) is 0 Å². The highest BCUT2D eigenvalue weighted by Gasteiger charge is 2.27. The number of aryl methyl sites for hydroxylation is 2. The molecule has 0 bridgehead atoms. The van der Waals surface area contributed by atoms with Crippen molar-refractivity contribution < 1.29 is 9.59 Å².